The van der Waals surface area contributed by atoms with E-state index in [2.05, 4.69) is 35.7 Å². The first kappa shape index (κ1) is 13.4. The van der Waals surface area contributed by atoms with Gasteiger partial charge in [-0.15, -0.1) is 0 Å². The van der Waals surface area contributed by atoms with Gasteiger partial charge in [0.05, 0.1) is 5.92 Å². The lowest BCUT2D eigenvalue weighted by Crippen LogP contribution is -2.44. The van der Waals surface area contributed by atoms with Gasteiger partial charge in [0, 0.05) is 19.6 Å². The molecule has 2 aliphatic rings. The van der Waals surface area contributed by atoms with Crippen molar-refractivity contribution in [1.29, 1.82) is 0 Å². The van der Waals surface area contributed by atoms with Gasteiger partial charge in [-0.05, 0) is 36.9 Å². The Morgan fingerprint density at radius 2 is 2.10 bits per heavy atom. The lowest BCUT2D eigenvalue weighted by molar-refractivity contribution is -0.135. The molecule has 106 valence electrons. The van der Waals surface area contributed by atoms with Gasteiger partial charge in [0.15, 0.2) is 0 Å². The Bertz CT molecular complexity index is 489. The van der Waals surface area contributed by atoms with E-state index in [9.17, 15) is 4.79 Å². The maximum atomic E-state index is 12.5. The molecule has 0 aromatic heterocycles. The molecule has 1 unspecified atom stereocenters. The molecule has 3 heteroatoms. The van der Waals surface area contributed by atoms with Crippen molar-refractivity contribution < 1.29 is 4.79 Å². The number of amides is 1. The van der Waals surface area contributed by atoms with E-state index in [-0.39, 0.29) is 5.92 Å². The van der Waals surface area contributed by atoms with Gasteiger partial charge >= 0.3 is 0 Å². The number of piperidine rings is 1. The van der Waals surface area contributed by atoms with E-state index >= 15 is 0 Å². The number of benzene rings is 1. The van der Waals surface area contributed by atoms with Crippen LogP contribution in [-0.2, 0) is 4.79 Å². The van der Waals surface area contributed by atoms with Crippen LogP contribution in [0.3, 0.4) is 0 Å². The van der Waals surface area contributed by atoms with E-state index < -0.39 is 0 Å². The van der Waals surface area contributed by atoms with Crippen LogP contribution < -0.4 is 5.32 Å². The van der Waals surface area contributed by atoms with Gasteiger partial charge in [-0.1, -0.05) is 36.4 Å². The Labute approximate surface area is 120 Å². The first-order chi connectivity index (χ1) is 9.84. The number of rotatable bonds is 2. The molecule has 3 rings (SSSR count). The largest absolute Gasteiger partial charge is 0.338 e. The van der Waals surface area contributed by atoms with Crippen LogP contribution in [0.25, 0.3) is 5.57 Å². The predicted molar refractivity (Wildman–Crippen MR) is 81.2 cm³/mol. The Morgan fingerprint density at radius 3 is 2.75 bits per heavy atom. The third kappa shape index (κ3) is 2.93. The maximum absolute atomic E-state index is 12.5. The smallest absolute Gasteiger partial charge is 0.227 e. The molecule has 0 saturated carbocycles. The summed E-state index contributed by atoms with van der Waals surface area (Å²) in [5.74, 6) is 0.524. The average molecular weight is 270 g/mol. The van der Waals surface area contributed by atoms with Crippen LogP contribution in [0.15, 0.2) is 36.4 Å². The molecule has 1 N–H and O–H groups in total. The second-order valence-electron chi connectivity index (χ2n) is 5.67. The highest BCUT2D eigenvalue weighted by molar-refractivity contribution is 5.80. The Morgan fingerprint density at radius 1 is 1.25 bits per heavy atom. The fraction of sp³-hybridized carbons (Fsp3) is 0.471. The predicted octanol–water partition coefficient (Wildman–Crippen LogP) is 2.30. The lowest BCUT2D eigenvalue weighted by Gasteiger charge is -2.31. The molecule has 20 heavy (non-hydrogen) atoms. The fourth-order valence-corrected chi connectivity index (χ4v) is 3.10. The van der Waals surface area contributed by atoms with E-state index in [1.807, 2.05) is 11.0 Å². The molecule has 0 radical (unpaired) electrons. The number of nitrogens with zero attached hydrogens (tertiary/aromatic N) is 1. The van der Waals surface area contributed by atoms with Gasteiger partial charge in [0.1, 0.15) is 0 Å². The van der Waals surface area contributed by atoms with Crippen molar-refractivity contribution in [3.8, 4) is 0 Å². The molecule has 2 heterocycles. The summed E-state index contributed by atoms with van der Waals surface area (Å²) in [4.78, 5) is 14.5. The minimum atomic E-state index is 0.190. The Hall–Kier alpha value is -1.61. The number of carbonyl (C=O) groups excluding carboxylic acids is 1. The second-order valence-corrected chi connectivity index (χ2v) is 5.67. The van der Waals surface area contributed by atoms with Crippen molar-refractivity contribution in [3.05, 3.63) is 42.0 Å². The first-order valence-corrected chi connectivity index (χ1v) is 7.58. The topological polar surface area (TPSA) is 32.3 Å². The molecule has 3 nitrogen and oxygen atoms in total. The zero-order valence-electron chi connectivity index (χ0n) is 11.8. The Balaban J connectivity index is 1.62. The highest BCUT2D eigenvalue weighted by atomic mass is 16.2. The summed E-state index contributed by atoms with van der Waals surface area (Å²) < 4.78 is 0. The normalized spacial score (nSPS) is 23.3. The van der Waals surface area contributed by atoms with Crippen LogP contribution in [0.4, 0.5) is 0 Å². The van der Waals surface area contributed by atoms with Crippen molar-refractivity contribution in [2.75, 3.05) is 26.2 Å². The van der Waals surface area contributed by atoms with Crippen molar-refractivity contribution >= 4 is 11.5 Å². The summed E-state index contributed by atoms with van der Waals surface area (Å²) in [6, 6.07) is 10.5. The summed E-state index contributed by atoms with van der Waals surface area (Å²) in [5.41, 5.74) is 2.66. The molecular formula is C17H22N2O. The van der Waals surface area contributed by atoms with E-state index in [4.69, 9.17) is 0 Å². The van der Waals surface area contributed by atoms with Gasteiger partial charge in [-0.3, -0.25) is 4.79 Å². The third-order valence-electron chi connectivity index (χ3n) is 4.31. The first-order valence-electron chi connectivity index (χ1n) is 7.58. The van der Waals surface area contributed by atoms with E-state index in [0.29, 0.717) is 5.91 Å². The molecule has 0 aliphatic carbocycles. The molecule has 1 fully saturated rings. The summed E-state index contributed by atoms with van der Waals surface area (Å²) in [6.07, 6.45) is 5.34. The van der Waals surface area contributed by atoms with Crippen LogP contribution in [0, 0.1) is 5.92 Å². The van der Waals surface area contributed by atoms with Gasteiger partial charge in [-0.25, -0.2) is 0 Å². The lowest BCUT2D eigenvalue weighted by atomic mass is 9.95. The molecule has 1 atom stereocenters. The van der Waals surface area contributed by atoms with Crippen molar-refractivity contribution in [3.63, 3.8) is 0 Å². The van der Waals surface area contributed by atoms with E-state index in [0.717, 1.165) is 45.4 Å². The van der Waals surface area contributed by atoms with Crippen molar-refractivity contribution in [2.24, 2.45) is 5.92 Å². The van der Waals surface area contributed by atoms with Gasteiger partial charge < -0.3 is 10.2 Å². The zero-order valence-corrected chi connectivity index (χ0v) is 11.8. The quantitative estimate of drug-likeness (QED) is 0.894. The van der Waals surface area contributed by atoms with Gasteiger partial charge in [0.25, 0.3) is 0 Å². The van der Waals surface area contributed by atoms with E-state index in [1.54, 1.807) is 0 Å². The molecular weight excluding hydrogens is 248 g/mol. The number of hydrogen-bond acceptors (Lipinski definition) is 2. The standard InChI is InChI=1S/C17H22N2O/c20-17(16-7-4-10-18-13-16)19-11-8-15(9-12-19)14-5-2-1-3-6-14/h1-3,5-6,8,16,18H,4,7,9-13H2. The second kappa shape index (κ2) is 6.23. The van der Waals surface area contributed by atoms with Crippen LogP contribution in [0.1, 0.15) is 24.8 Å². The fourth-order valence-electron chi connectivity index (χ4n) is 3.10. The van der Waals surface area contributed by atoms with Crippen LogP contribution >= 0.6 is 0 Å². The molecule has 0 bridgehead atoms. The van der Waals surface area contributed by atoms with Crippen LogP contribution in [0.2, 0.25) is 0 Å². The highest BCUT2D eigenvalue weighted by Crippen LogP contribution is 2.23. The summed E-state index contributed by atoms with van der Waals surface area (Å²) >= 11 is 0. The molecule has 1 aromatic carbocycles. The molecule has 1 amide bonds. The summed E-state index contributed by atoms with van der Waals surface area (Å²) in [5, 5.41) is 3.33. The molecule has 1 saturated heterocycles. The maximum Gasteiger partial charge on any atom is 0.227 e. The number of carbonyl (C=O) groups is 1. The van der Waals surface area contributed by atoms with Crippen LogP contribution in [0.5, 0.6) is 0 Å². The number of nitrogens with one attached hydrogen (secondary N) is 1. The monoisotopic (exact) mass is 270 g/mol. The summed E-state index contributed by atoms with van der Waals surface area (Å²) in [7, 11) is 0. The van der Waals surface area contributed by atoms with Gasteiger partial charge in [-0.2, -0.15) is 0 Å². The van der Waals surface area contributed by atoms with Crippen molar-refractivity contribution in [1.82, 2.24) is 10.2 Å². The SMILES string of the molecule is O=C(C1CCCNC1)N1CC=C(c2ccccc2)CC1. The van der Waals surface area contributed by atoms with E-state index in [1.165, 1.54) is 11.1 Å². The molecule has 2 aliphatic heterocycles. The minimum Gasteiger partial charge on any atom is -0.338 e. The Kier molecular flexibility index (Phi) is 4.16. The average Bonchev–Trinajstić information content (AvgIpc) is 2.56. The minimum absolute atomic E-state index is 0.190. The third-order valence-corrected chi connectivity index (χ3v) is 4.31. The molecule has 1 aromatic rings. The molecule has 0 spiro atoms. The number of hydrogen-bond donors (Lipinski definition) is 1. The summed E-state index contributed by atoms with van der Waals surface area (Å²) in [6.45, 7) is 3.53. The highest BCUT2D eigenvalue weighted by Gasteiger charge is 2.26. The zero-order chi connectivity index (χ0) is 13.8. The van der Waals surface area contributed by atoms with Gasteiger partial charge in [0.2, 0.25) is 5.91 Å². The van der Waals surface area contributed by atoms with Crippen molar-refractivity contribution in [2.45, 2.75) is 19.3 Å². The van der Waals surface area contributed by atoms with Crippen LogP contribution in [-0.4, -0.2) is 37.0 Å².